The number of amides is 2. The average molecular weight is 461 g/mol. The fourth-order valence-corrected chi connectivity index (χ4v) is 4.49. The molecule has 2 aromatic heterocycles. The largest absolute Gasteiger partial charge is 0.447 e. The lowest BCUT2D eigenvalue weighted by Gasteiger charge is -2.28. The van der Waals surface area contributed by atoms with Crippen LogP contribution in [0.25, 0.3) is 22.2 Å². The van der Waals surface area contributed by atoms with Gasteiger partial charge in [0, 0.05) is 36.4 Å². The minimum atomic E-state index is -0.347. The summed E-state index contributed by atoms with van der Waals surface area (Å²) in [4.78, 5) is 33.7. The summed E-state index contributed by atoms with van der Waals surface area (Å²) in [5.74, 6) is 0.823. The third-order valence-corrected chi connectivity index (χ3v) is 6.33. The molecule has 7 nitrogen and oxygen atoms in total. The fraction of sp³-hybridized carbons (Fsp3) is 0.407. The Labute approximate surface area is 200 Å². The number of alkyl carbamates (subject to hydrolysis) is 1. The molecule has 0 spiro atoms. The summed E-state index contributed by atoms with van der Waals surface area (Å²) in [7, 11) is 0. The SMILES string of the molecule is CC(C)OC(=O)NCC1CCC(CNC(=O)c2cc(-c3ccncc3)nc3ccccc23)CC1. The molecule has 0 radical (unpaired) electrons. The molecule has 34 heavy (non-hydrogen) atoms. The molecule has 3 aromatic rings. The van der Waals surface area contributed by atoms with Crippen molar-refractivity contribution in [3.8, 4) is 11.3 Å². The molecule has 0 atom stereocenters. The van der Waals surface area contributed by atoms with E-state index in [2.05, 4.69) is 15.6 Å². The van der Waals surface area contributed by atoms with Crippen LogP contribution < -0.4 is 10.6 Å². The Balaban J connectivity index is 1.35. The lowest BCUT2D eigenvalue weighted by Crippen LogP contribution is -2.35. The molecule has 7 heteroatoms. The van der Waals surface area contributed by atoms with Crippen molar-refractivity contribution in [2.75, 3.05) is 13.1 Å². The molecule has 0 unspecified atom stereocenters. The van der Waals surface area contributed by atoms with Crippen LogP contribution in [0, 0.1) is 11.8 Å². The number of nitrogens with zero attached hydrogens (tertiary/aromatic N) is 2. The summed E-state index contributed by atoms with van der Waals surface area (Å²) >= 11 is 0. The number of nitrogens with one attached hydrogen (secondary N) is 2. The standard InChI is InChI=1S/C27H32N4O3/c1-18(2)34-27(33)30-17-20-9-7-19(8-10-20)16-29-26(32)23-15-25(21-11-13-28-14-12-21)31-24-6-4-3-5-22(23)24/h3-6,11-15,18-20H,7-10,16-17H2,1-2H3,(H,29,32)(H,30,33). The quantitative estimate of drug-likeness (QED) is 0.519. The van der Waals surface area contributed by atoms with Crippen LogP contribution in [-0.2, 0) is 4.74 Å². The maximum Gasteiger partial charge on any atom is 0.407 e. The Morgan fingerprint density at radius 2 is 1.62 bits per heavy atom. The molecule has 2 heterocycles. The lowest BCUT2D eigenvalue weighted by molar-refractivity contribution is 0.0940. The first-order valence-corrected chi connectivity index (χ1v) is 12.0. The maximum absolute atomic E-state index is 13.2. The van der Waals surface area contributed by atoms with Crippen LogP contribution in [0.15, 0.2) is 54.9 Å². The molecule has 1 aliphatic carbocycles. The Morgan fingerprint density at radius 1 is 0.971 bits per heavy atom. The molecule has 2 N–H and O–H groups in total. The van der Waals surface area contributed by atoms with Crippen LogP contribution in [0.5, 0.6) is 0 Å². The minimum absolute atomic E-state index is 0.0749. The van der Waals surface area contributed by atoms with Gasteiger partial charge in [0.25, 0.3) is 5.91 Å². The lowest BCUT2D eigenvalue weighted by atomic mass is 9.82. The van der Waals surface area contributed by atoms with Gasteiger partial charge in [0.1, 0.15) is 0 Å². The molecule has 1 aliphatic rings. The molecule has 4 rings (SSSR count). The van der Waals surface area contributed by atoms with Gasteiger partial charge in [-0.2, -0.15) is 0 Å². The zero-order valence-corrected chi connectivity index (χ0v) is 19.8. The number of carbonyl (C=O) groups is 2. The van der Waals surface area contributed by atoms with E-state index in [4.69, 9.17) is 9.72 Å². The molecule has 1 saturated carbocycles. The fourth-order valence-electron chi connectivity index (χ4n) is 4.49. The van der Waals surface area contributed by atoms with Gasteiger partial charge in [-0.05, 0) is 75.6 Å². The monoisotopic (exact) mass is 460 g/mol. The van der Waals surface area contributed by atoms with Crippen molar-refractivity contribution in [1.82, 2.24) is 20.6 Å². The molecule has 1 fully saturated rings. The van der Waals surface area contributed by atoms with Crippen molar-refractivity contribution < 1.29 is 14.3 Å². The number of pyridine rings is 2. The molecule has 0 bridgehead atoms. The van der Waals surface area contributed by atoms with E-state index in [9.17, 15) is 9.59 Å². The summed E-state index contributed by atoms with van der Waals surface area (Å²) in [5, 5.41) is 6.87. The first-order valence-electron chi connectivity index (χ1n) is 12.0. The normalized spacial score (nSPS) is 18.0. The highest BCUT2D eigenvalue weighted by Gasteiger charge is 2.23. The molecule has 0 aliphatic heterocycles. The van der Waals surface area contributed by atoms with Crippen molar-refractivity contribution in [3.05, 3.63) is 60.4 Å². The van der Waals surface area contributed by atoms with Crippen LogP contribution in [0.2, 0.25) is 0 Å². The van der Waals surface area contributed by atoms with E-state index in [0.29, 0.717) is 30.5 Å². The van der Waals surface area contributed by atoms with E-state index in [1.54, 1.807) is 12.4 Å². The molecular weight excluding hydrogens is 428 g/mol. The predicted molar refractivity (Wildman–Crippen MR) is 132 cm³/mol. The zero-order valence-electron chi connectivity index (χ0n) is 19.8. The highest BCUT2D eigenvalue weighted by Crippen LogP contribution is 2.29. The van der Waals surface area contributed by atoms with Gasteiger partial charge in [-0.1, -0.05) is 18.2 Å². The van der Waals surface area contributed by atoms with Crippen LogP contribution in [-0.4, -0.2) is 41.2 Å². The van der Waals surface area contributed by atoms with Crippen LogP contribution in [0.3, 0.4) is 0 Å². The molecule has 1 aromatic carbocycles. The highest BCUT2D eigenvalue weighted by atomic mass is 16.6. The second-order valence-electron chi connectivity index (χ2n) is 9.24. The van der Waals surface area contributed by atoms with E-state index < -0.39 is 0 Å². The molecule has 178 valence electrons. The van der Waals surface area contributed by atoms with Crippen molar-refractivity contribution >= 4 is 22.9 Å². The summed E-state index contributed by atoms with van der Waals surface area (Å²) in [6.07, 6.45) is 7.13. The molecule has 0 saturated heterocycles. The number of ether oxygens (including phenoxy) is 1. The number of para-hydroxylation sites is 1. The van der Waals surface area contributed by atoms with Gasteiger partial charge >= 0.3 is 6.09 Å². The van der Waals surface area contributed by atoms with Crippen molar-refractivity contribution in [2.45, 2.75) is 45.6 Å². The number of hydrogen-bond acceptors (Lipinski definition) is 5. The average Bonchev–Trinajstić information content (AvgIpc) is 2.86. The van der Waals surface area contributed by atoms with Gasteiger partial charge in [-0.3, -0.25) is 9.78 Å². The van der Waals surface area contributed by atoms with Gasteiger partial charge in [0.15, 0.2) is 0 Å². The molecular formula is C27H32N4O3. The number of aromatic nitrogens is 2. The van der Waals surface area contributed by atoms with E-state index in [0.717, 1.165) is 47.8 Å². The van der Waals surface area contributed by atoms with Crippen LogP contribution in [0.4, 0.5) is 4.79 Å². The number of carbonyl (C=O) groups excluding carboxylic acids is 2. The Morgan fingerprint density at radius 3 is 2.29 bits per heavy atom. The summed E-state index contributed by atoms with van der Waals surface area (Å²) < 4.78 is 5.13. The highest BCUT2D eigenvalue weighted by molar-refractivity contribution is 6.07. The Kier molecular flexibility index (Phi) is 7.72. The second-order valence-corrected chi connectivity index (χ2v) is 9.24. The summed E-state index contributed by atoms with van der Waals surface area (Å²) in [6, 6.07) is 13.4. The second kappa shape index (κ2) is 11.1. The number of fused-ring (bicyclic) bond motifs is 1. The number of rotatable bonds is 7. The van der Waals surface area contributed by atoms with Crippen LogP contribution >= 0.6 is 0 Å². The first kappa shape index (κ1) is 23.7. The first-order chi connectivity index (χ1) is 16.5. The number of benzene rings is 1. The van der Waals surface area contributed by atoms with Crippen molar-refractivity contribution in [1.29, 1.82) is 0 Å². The topological polar surface area (TPSA) is 93.2 Å². The van der Waals surface area contributed by atoms with Gasteiger partial charge in [-0.25, -0.2) is 9.78 Å². The smallest absolute Gasteiger partial charge is 0.407 e. The van der Waals surface area contributed by atoms with Gasteiger partial charge in [0.2, 0.25) is 0 Å². The predicted octanol–water partition coefficient (Wildman–Crippen LogP) is 4.97. The van der Waals surface area contributed by atoms with Gasteiger partial charge in [-0.15, -0.1) is 0 Å². The van der Waals surface area contributed by atoms with Gasteiger partial charge in [0.05, 0.1) is 22.9 Å². The maximum atomic E-state index is 13.2. The van der Waals surface area contributed by atoms with Crippen molar-refractivity contribution in [3.63, 3.8) is 0 Å². The van der Waals surface area contributed by atoms with E-state index in [-0.39, 0.29) is 18.1 Å². The van der Waals surface area contributed by atoms with Gasteiger partial charge < -0.3 is 15.4 Å². The van der Waals surface area contributed by atoms with E-state index in [1.165, 1.54) is 0 Å². The number of hydrogen-bond donors (Lipinski definition) is 2. The van der Waals surface area contributed by atoms with E-state index in [1.807, 2.05) is 56.3 Å². The summed E-state index contributed by atoms with van der Waals surface area (Å²) in [6.45, 7) is 4.97. The zero-order chi connectivity index (χ0) is 23.9. The third kappa shape index (κ3) is 6.10. The minimum Gasteiger partial charge on any atom is -0.447 e. The van der Waals surface area contributed by atoms with Crippen LogP contribution in [0.1, 0.15) is 49.9 Å². The Hall–Kier alpha value is -3.48. The van der Waals surface area contributed by atoms with Crippen molar-refractivity contribution in [2.24, 2.45) is 11.8 Å². The summed E-state index contributed by atoms with van der Waals surface area (Å²) in [5.41, 5.74) is 3.12. The molecule has 2 amide bonds. The third-order valence-electron chi connectivity index (χ3n) is 6.33. The Bertz CT molecular complexity index is 1130. The van der Waals surface area contributed by atoms with E-state index >= 15 is 0 Å².